The number of sulfonamides is 1. The van der Waals surface area contributed by atoms with Gasteiger partial charge in [-0.25, -0.2) is 13.1 Å². The predicted octanol–water partition coefficient (Wildman–Crippen LogP) is 7.23. The van der Waals surface area contributed by atoms with E-state index in [1.54, 1.807) is 27.0 Å². The Morgan fingerprint density at radius 2 is 1.64 bits per heavy atom. The molecule has 9 rings (SSSR count). The molecule has 3 aliphatic heterocycles. The van der Waals surface area contributed by atoms with Gasteiger partial charge in [0.1, 0.15) is 5.75 Å². The van der Waals surface area contributed by atoms with Crippen molar-refractivity contribution in [3.8, 4) is 17.0 Å². The van der Waals surface area contributed by atoms with Crippen LogP contribution in [0.3, 0.4) is 0 Å². The molecule has 5 aliphatic rings. The predicted molar refractivity (Wildman–Crippen MR) is 215 cm³/mol. The smallest absolute Gasteiger partial charge is 0.264 e. The maximum absolute atomic E-state index is 14.9. The quantitative estimate of drug-likeness (QED) is 0.201. The Kier molecular flexibility index (Phi) is 9.19. The van der Waals surface area contributed by atoms with Gasteiger partial charge in [0.25, 0.3) is 11.8 Å². The summed E-state index contributed by atoms with van der Waals surface area (Å²) in [6.07, 6.45) is 14.9. The topological polar surface area (TPSA) is 119 Å². The molecule has 2 aliphatic carbocycles. The number of hydrogen-bond acceptors (Lipinski definition) is 7. The molecule has 12 heteroatoms. The Hall–Kier alpha value is -4.42. The molecule has 5 heterocycles. The Morgan fingerprint density at radius 1 is 0.891 bits per heavy atom. The fourth-order valence-electron chi connectivity index (χ4n) is 9.96. The lowest BCUT2D eigenvalue weighted by Gasteiger charge is -2.39. The molecular weight excluding hydrogens is 713 g/mol. The number of likely N-dealkylation sites (tertiary alicyclic amines) is 1. The van der Waals surface area contributed by atoms with Gasteiger partial charge in [-0.2, -0.15) is 5.10 Å². The van der Waals surface area contributed by atoms with E-state index in [0.717, 1.165) is 116 Å². The molecule has 2 amide bonds. The number of nitrogens with zero attached hydrogens (tertiary/aromatic N) is 5. The van der Waals surface area contributed by atoms with Gasteiger partial charge in [0.05, 0.1) is 48.1 Å². The molecule has 2 unspecified atom stereocenters. The van der Waals surface area contributed by atoms with Crippen LogP contribution >= 0.6 is 0 Å². The van der Waals surface area contributed by atoms with Gasteiger partial charge in [0.2, 0.25) is 10.0 Å². The van der Waals surface area contributed by atoms with Crippen LogP contribution in [0.2, 0.25) is 0 Å². The maximum atomic E-state index is 14.9. The first-order chi connectivity index (χ1) is 26.5. The number of rotatable bonds is 8. The van der Waals surface area contributed by atoms with Crippen molar-refractivity contribution in [3.05, 3.63) is 70.5 Å². The molecule has 0 radical (unpaired) electrons. The lowest BCUT2D eigenvalue weighted by molar-refractivity contribution is 0.0472. The van der Waals surface area contributed by atoms with Crippen molar-refractivity contribution in [2.75, 3.05) is 27.2 Å². The highest BCUT2D eigenvalue weighted by Gasteiger charge is 2.44. The summed E-state index contributed by atoms with van der Waals surface area (Å²) in [4.78, 5) is 33.0. The van der Waals surface area contributed by atoms with Crippen LogP contribution < -0.4 is 9.46 Å². The number of amides is 2. The van der Waals surface area contributed by atoms with Crippen LogP contribution in [0.1, 0.15) is 128 Å². The fraction of sp³-hybridized carbons (Fsp3) is 0.512. The van der Waals surface area contributed by atoms with Crippen LogP contribution in [-0.4, -0.2) is 89.0 Å². The van der Waals surface area contributed by atoms with E-state index in [1.165, 1.54) is 12.0 Å². The molecule has 4 aromatic rings. The summed E-state index contributed by atoms with van der Waals surface area (Å²) in [6, 6.07) is 12.5. The van der Waals surface area contributed by atoms with Crippen molar-refractivity contribution in [1.82, 2.24) is 28.9 Å². The first-order valence-electron chi connectivity index (χ1n) is 20.2. The van der Waals surface area contributed by atoms with Gasteiger partial charge in [-0.3, -0.25) is 14.3 Å². The molecule has 2 saturated heterocycles. The van der Waals surface area contributed by atoms with Crippen molar-refractivity contribution in [1.29, 1.82) is 0 Å². The molecule has 2 saturated carbocycles. The fourth-order valence-corrected chi connectivity index (χ4v) is 10.6. The minimum absolute atomic E-state index is 0.0583. The van der Waals surface area contributed by atoms with Crippen LogP contribution in [0.15, 0.2) is 42.6 Å². The average molecular weight is 765 g/mol. The summed E-state index contributed by atoms with van der Waals surface area (Å²) >= 11 is 0. The summed E-state index contributed by atoms with van der Waals surface area (Å²) in [6.45, 7) is 5.32. The van der Waals surface area contributed by atoms with E-state index in [4.69, 9.17) is 9.84 Å². The number of likely N-dealkylation sites (N-methyl/N-ethyl adjacent to an activating group) is 1. The summed E-state index contributed by atoms with van der Waals surface area (Å²) in [5, 5.41) is 5.32. The van der Waals surface area contributed by atoms with Gasteiger partial charge in [-0.05, 0) is 125 Å². The minimum atomic E-state index is -3.83. The molecule has 2 aromatic carbocycles. The third-order valence-electron chi connectivity index (χ3n) is 13.1. The number of ether oxygens (including phenoxy) is 1. The second kappa shape index (κ2) is 14.0. The van der Waals surface area contributed by atoms with Crippen LogP contribution in [0.25, 0.3) is 33.8 Å². The Labute approximate surface area is 323 Å². The zero-order valence-electron chi connectivity index (χ0n) is 32.4. The van der Waals surface area contributed by atoms with Crippen molar-refractivity contribution >= 4 is 44.4 Å². The van der Waals surface area contributed by atoms with E-state index < -0.39 is 21.2 Å². The monoisotopic (exact) mass is 764 g/mol. The van der Waals surface area contributed by atoms with Crippen molar-refractivity contribution < 1.29 is 22.7 Å². The molecule has 55 heavy (non-hydrogen) atoms. The zero-order valence-corrected chi connectivity index (χ0v) is 33.2. The van der Waals surface area contributed by atoms with Crippen LogP contribution in [0, 0.1) is 0 Å². The normalized spacial score (nSPS) is 21.9. The largest absolute Gasteiger partial charge is 0.497 e. The van der Waals surface area contributed by atoms with E-state index in [2.05, 4.69) is 49.0 Å². The van der Waals surface area contributed by atoms with Gasteiger partial charge in [-0.1, -0.05) is 25.3 Å². The average Bonchev–Trinajstić information content (AvgIpc) is 3.76. The van der Waals surface area contributed by atoms with Crippen molar-refractivity contribution in [3.63, 3.8) is 0 Å². The summed E-state index contributed by atoms with van der Waals surface area (Å²) in [5.74, 6) is 0.497. The first kappa shape index (κ1) is 36.2. The molecule has 1 N–H and O–H groups in total. The Morgan fingerprint density at radius 3 is 2.31 bits per heavy atom. The molecule has 4 fully saturated rings. The number of methoxy groups -OCH3 is 1. The highest BCUT2D eigenvalue weighted by Crippen LogP contribution is 2.49. The highest BCUT2D eigenvalue weighted by molar-refractivity contribution is 7.90. The van der Waals surface area contributed by atoms with Crippen molar-refractivity contribution in [2.24, 2.45) is 0 Å². The molecule has 0 spiro atoms. The standard InChI is InChI=1S/C43H52N6O5S/c1-26(2)55(52,53)45-42(50)28-13-17-36-38(21-28)47-23-30(19-29-20-34(54-4)16-18-35(29)41(47)39(36)27-9-6-5-7-10-27)40-37(22-44-49(40)31-11-8-12-31)43(51)48-32-14-15-33(48)25-46(3)24-32/h13,16-22,26-27,31-33H,5-12,14-15,23-25H2,1-4H3,(H,45,50). The number of hydrogen-bond donors (Lipinski definition) is 1. The number of allylic oxidation sites excluding steroid dienone is 1. The summed E-state index contributed by atoms with van der Waals surface area (Å²) in [5.41, 5.74) is 8.12. The van der Waals surface area contributed by atoms with Gasteiger partial charge in [0, 0.05) is 47.2 Å². The number of carbonyl (C=O) groups excluding carboxylic acids is 2. The second-order valence-corrected chi connectivity index (χ2v) is 19.1. The molecule has 2 aromatic heterocycles. The summed E-state index contributed by atoms with van der Waals surface area (Å²) in [7, 11) is 0.000322. The zero-order chi connectivity index (χ0) is 38.2. The third-order valence-corrected chi connectivity index (χ3v) is 14.8. The van der Waals surface area contributed by atoms with Crippen LogP contribution in [0.4, 0.5) is 0 Å². The number of carbonyl (C=O) groups is 2. The molecule has 2 bridgehead atoms. The first-order valence-corrected chi connectivity index (χ1v) is 21.8. The van der Waals surface area contributed by atoms with Crippen LogP contribution in [-0.2, 0) is 16.6 Å². The van der Waals surface area contributed by atoms with Gasteiger partial charge in [-0.15, -0.1) is 0 Å². The van der Waals surface area contributed by atoms with E-state index in [9.17, 15) is 18.0 Å². The van der Waals surface area contributed by atoms with Gasteiger partial charge < -0.3 is 19.1 Å². The van der Waals surface area contributed by atoms with Gasteiger partial charge in [0.15, 0.2) is 0 Å². The number of fused-ring (bicyclic) bond motifs is 7. The maximum Gasteiger partial charge on any atom is 0.264 e. The molecule has 11 nitrogen and oxygen atoms in total. The Balaban J connectivity index is 1.25. The number of aromatic nitrogens is 3. The number of benzene rings is 2. The summed E-state index contributed by atoms with van der Waals surface area (Å²) < 4.78 is 38.2. The highest BCUT2D eigenvalue weighted by atomic mass is 32.2. The number of piperazine rings is 1. The van der Waals surface area contributed by atoms with E-state index >= 15 is 0 Å². The second-order valence-electron chi connectivity index (χ2n) is 16.8. The van der Waals surface area contributed by atoms with Crippen LogP contribution in [0.5, 0.6) is 5.75 Å². The van der Waals surface area contributed by atoms with E-state index in [-0.39, 0.29) is 29.6 Å². The lowest BCUT2D eigenvalue weighted by Crippen LogP contribution is -2.54. The van der Waals surface area contributed by atoms with E-state index in [0.29, 0.717) is 18.0 Å². The molecule has 2 atom stereocenters. The SMILES string of the molecule is COc1ccc2c(c1)C=C(c1c(C(=O)N3C4CCC3CN(C)C4)cnn1C1CCC1)Cn1c-2c(C2CCCCC2)c2ccc(C(=O)NS(=O)(=O)C(C)C)cc21. The van der Waals surface area contributed by atoms with E-state index in [1.807, 2.05) is 24.4 Å². The lowest BCUT2D eigenvalue weighted by atomic mass is 9.81. The number of nitrogens with one attached hydrogen (secondary N) is 1. The Bertz CT molecular complexity index is 2320. The van der Waals surface area contributed by atoms with Gasteiger partial charge >= 0.3 is 0 Å². The molecular formula is C43H52N6O5S. The minimum Gasteiger partial charge on any atom is -0.497 e. The third kappa shape index (κ3) is 6.20. The molecule has 290 valence electrons. The van der Waals surface area contributed by atoms with Crippen molar-refractivity contribution in [2.45, 2.75) is 114 Å².